The second-order valence-electron chi connectivity index (χ2n) is 6.17. The van der Waals surface area contributed by atoms with Gasteiger partial charge in [-0.3, -0.25) is 0 Å². The van der Waals surface area contributed by atoms with E-state index < -0.39 is 9.84 Å². The summed E-state index contributed by atoms with van der Waals surface area (Å²) in [5.74, 6) is 1.21. The number of hydrogen-bond acceptors (Lipinski definition) is 3. The molecule has 3 rings (SSSR count). The van der Waals surface area contributed by atoms with Gasteiger partial charge in [0.2, 0.25) is 0 Å². The van der Waals surface area contributed by atoms with Gasteiger partial charge in [-0.1, -0.05) is 43.2 Å². The number of benzene rings is 1. The molecule has 1 aliphatic heterocycles. The first-order chi connectivity index (χ1) is 9.64. The Hall–Kier alpha value is -0.870. The first-order valence-electron chi connectivity index (χ1n) is 7.65. The lowest BCUT2D eigenvalue weighted by Gasteiger charge is -2.34. The molecule has 2 fully saturated rings. The van der Waals surface area contributed by atoms with Crippen molar-refractivity contribution < 1.29 is 8.42 Å². The van der Waals surface area contributed by atoms with Crippen LogP contribution in [0.3, 0.4) is 0 Å². The highest BCUT2D eigenvalue weighted by atomic mass is 32.2. The Bertz CT molecular complexity index is 541. The molecule has 3 unspecified atom stereocenters. The maximum absolute atomic E-state index is 11.6. The molecular weight excluding hydrogens is 270 g/mol. The summed E-state index contributed by atoms with van der Waals surface area (Å²) < 4.78 is 23.2. The zero-order chi connectivity index (χ0) is 14.0. The van der Waals surface area contributed by atoms with Crippen molar-refractivity contribution in [1.29, 1.82) is 0 Å². The van der Waals surface area contributed by atoms with Crippen LogP contribution in [-0.4, -0.2) is 32.0 Å². The lowest BCUT2D eigenvalue weighted by Crippen LogP contribution is -2.44. The van der Waals surface area contributed by atoms with Gasteiger partial charge in [0.05, 0.1) is 11.5 Å². The molecule has 1 saturated heterocycles. The van der Waals surface area contributed by atoms with E-state index in [0.29, 0.717) is 23.5 Å². The molecule has 0 radical (unpaired) electrons. The van der Waals surface area contributed by atoms with Gasteiger partial charge in [-0.15, -0.1) is 0 Å². The van der Waals surface area contributed by atoms with E-state index in [4.69, 9.17) is 0 Å². The molecule has 2 aliphatic rings. The smallest absolute Gasteiger partial charge is 0.151 e. The maximum Gasteiger partial charge on any atom is 0.151 e. The van der Waals surface area contributed by atoms with Crippen LogP contribution in [0.4, 0.5) is 0 Å². The predicted octanol–water partition coefficient (Wildman–Crippen LogP) is 2.49. The van der Waals surface area contributed by atoms with Gasteiger partial charge in [-0.05, 0) is 30.7 Å². The van der Waals surface area contributed by atoms with Crippen LogP contribution >= 0.6 is 0 Å². The van der Waals surface area contributed by atoms with Crippen molar-refractivity contribution in [3.63, 3.8) is 0 Å². The summed E-state index contributed by atoms with van der Waals surface area (Å²) in [6.45, 7) is 0. The minimum absolute atomic E-state index is 0.161. The predicted molar refractivity (Wildman–Crippen MR) is 81.6 cm³/mol. The Labute approximate surface area is 121 Å². The zero-order valence-electron chi connectivity index (χ0n) is 11.8. The van der Waals surface area contributed by atoms with Gasteiger partial charge in [0, 0.05) is 12.1 Å². The average Bonchev–Trinajstić information content (AvgIpc) is 2.79. The van der Waals surface area contributed by atoms with Gasteiger partial charge in [0.1, 0.15) is 0 Å². The van der Waals surface area contributed by atoms with Crippen LogP contribution in [0.1, 0.15) is 43.6 Å². The standard InChI is InChI=1S/C16H23NO2S/c18-20(19)11-10-14(12-20)17-16-9-5-4-8-15(16)13-6-2-1-3-7-13/h1-3,6-7,14-17H,4-5,8-12H2. The molecular formula is C16H23NO2S. The SMILES string of the molecule is O=S1(=O)CCC(NC2CCCCC2c2ccccc2)C1. The van der Waals surface area contributed by atoms with Gasteiger partial charge >= 0.3 is 0 Å². The van der Waals surface area contributed by atoms with Gasteiger partial charge in [0.15, 0.2) is 9.84 Å². The van der Waals surface area contributed by atoms with Crippen molar-refractivity contribution in [2.75, 3.05) is 11.5 Å². The Morgan fingerprint density at radius 2 is 1.75 bits per heavy atom. The summed E-state index contributed by atoms with van der Waals surface area (Å²) in [7, 11) is -2.79. The van der Waals surface area contributed by atoms with Crippen molar-refractivity contribution >= 4 is 9.84 Å². The number of nitrogens with one attached hydrogen (secondary N) is 1. The van der Waals surface area contributed by atoms with E-state index in [1.165, 1.54) is 24.8 Å². The molecule has 1 N–H and O–H groups in total. The van der Waals surface area contributed by atoms with E-state index in [0.717, 1.165) is 12.8 Å². The molecule has 20 heavy (non-hydrogen) atoms. The molecule has 110 valence electrons. The Morgan fingerprint density at radius 3 is 2.45 bits per heavy atom. The topological polar surface area (TPSA) is 46.2 Å². The molecule has 1 aromatic carbocycles. The van der Waals surface area contributed by atoms with Crippen molar-refractivity contribution in [1.82, 2.24) is 5.32 Å². The second kappa shape index (κ2) is 5.86. The maximum atomic E-state index is 11.6. The number of hydrogen-bond donors (Lipinski definition) is 1. The summed E-state index contributed by atoms with van der Waals surface area (Å²) in [5.41, 5.74) is 1.39. The Morgan fingerprint density at radius 1 is 1.00 bits per heavy atom. The second-order valence-corrected chi connectivity index (χ2v) is 8.40. The summed E-state index contributed by atoms with van der Waals surface area (Å²) in [6.07, 6.45) is 5.68. The highest BCUT2D eigenvalue weighted by molar-refractivity contribution is 7.91. The fourth-order valence-electron chi connectivity index (χ4n) is 3.66. The Balaban J connectivity index is 1.70. The molecule has 4 heteroatoms. The third-order valence-corrected chi connectivity index (χ3v) is 6.44. The lowest BCUT2D eigenvalue weighted by molar-refractivity contribution is 0.306. The highest BCUT2D eigenvalue weighted by Crippen LogP contribution is 2.33. The van der Waals surface area contributed by atoms with Crippen LogP contribution < -0.4 is 5.32 Å². The molecule has 3 nitrogen and oxygen atoms in total. The molecule has 3 atom stereocenters. The molecule has 0 spiro atoms. The number of sulfone groups is 1. The quantitative estimate of drug-likeness (QED) is 0.931. The lowest BCUT2D eigenvalue weighted by atomic mass is 9.79. The van der Waals surface area contributed by atoms with Crippen LogP contribution in [-0.2, 0) is 9.84 Å². The summed E-state index contributed by atoms with van der Waals surface area (Å²) in [6, 6.07) is 11.3. The summed E-state index contributed by atoms with van der Waals surface area (Å²) in [5, 5.41) is 3.64. The Kier molecular flexibility index (Phi) is 4.13. The molecule has 0 bridgehead atoms. The highest BCUT2D eigenvalue weighted by Gasteiger charge is 2.33. The van der Waals surface area contributed by atoms with Crippen LogP contribution in [0.25, 0.3) is 0 Å². The van der Waals surface area contributed by atoms with Crippen molar-refractivity contribution in [3.8, 4) is 0 Å². The van der Waals surface area contributed by atoms with E-state index >= 15 is 0 Å². The number of rotatable bonds is 3. The third-order valence-electron chi connectivity index (χ3n) is 4.68. The molecule has 1 aliphatic carbocycles. The first-order valence-corrected chi connectivity index (χ1v) is 9.48. The third kappa shape index (κ3) is 3.23. The summed E-state index contributed by atoms with van der Waals surface area (Å²) >= 11 is 0. The average molecular weight is 293 g/mol. The first kappa shape index (κ1) is 14.1. The monoisotopic (exact) mass is 293 g/mol. The van der Waals surface area contributed by atoms with Crippen molar-refractivity contribution in [2.45, 2.75) is 50.1 Å². The zero-order valence-corrected chi connectivity index (χ0v) is 12.6. The van der Waals surface area contributed by atoms with E-state index in [1.807, 2.05) is 0 Å². The van der Waals surface area contributed by atoms with Gasteiger partial charge in [-0.25, -0.2) is 8.42 Å². The normalized spacial score (nSPS) is 33.1. The van der Waals surface area contributed by atoms with Crippen molar-refractivity contribution in [3.05, 3.63) is 35.9 Å². The van der Waals surface area contributed by atoms with Crippen molar-refractivity contribution in [2.24, 2.45) is 0 Å². The minimum Gasteiger partial charge on any atom is -0.310 e. The molecule has 1 aromatic rings. The van der Waals surface area contributed by atoms with Gasteiger partial charge in [0.25, 0.3) is 0 Å². The van der Waals surface area contributed by atoms with Crippen LogP contribution in [0, 0.1) is 0 Å². The van der Waals surface area contributed by atoms with E-state index in [-0.39, 0.29) is 6.04 Å². The van der Waals surface area contributed by atoms with Gasteiger partial charge in [-0.2, -0.15) is 0 Å². The van der Waals surface area contributed by atoms with E-state index in [2.05, 4.69) is 35.6 Å². The molecule has 1 heterocycles. The largest absolute Gasteiger partial charge is 0.310 e. The fourth-order valence-corrected chi connectivity index (χ4v) is 5.35. The molecule has 0 aromatic heterocycles. The van der Waals surface area contributed by atoms with Crippen LogP contribution in [0.2, 0.25) is 0 Å². The molecule has 1 saturated carbocycles. The molecule has 0 amide bonds. The minimum atomic E-state index is -2.79. The van der Waals surface area contributed by atoms with Crippen LogP contribution in [0.5, 0.6) is 0 Å². The van der Waals surface area contributed by atoms with Gasteiger partial charge < -0.3 is 5.32 Å². The van der Waals surface area contributed by atoms with E-state index in [1.54, 1.807) is 0 Å². The van der Waals surface area contributed by atoms with E-state index in [9.17, 15) is 8.42 Å². The fraction of sp³-hybridized carbons (Fsp3) is 0.625. The summed E-state index contributed by atoms with van der Waals surface area (Å²) in [4.78, 5) is 0. The van der Waals surface area contributed by atoms with Crippen LogP contribution in [0.15, 0.2) is 30.3 Å².